The number of carbonyl (C=O) groups excluding carboxylic acids is 2. The summed E-state index contributed by atoms with van der Waals surface area (Å²) in [6.45, 7) is 4.34. The fourth-order valence-electron chi connectivity index (χ4n) is 3.24. The number of nitrogens with two attached hydrogens (primary N) is 2. The van der Waals surface area contributed by atoms with Gasteiger partial charge in [0.25, 0.3) is 0 Å². The normalized spacial score (nSPS) is 17.6. The maximum Gasteiger partial charge on any atom is 0.311 e. The van der Waals surface area contributed by atoms with E-state index in [1.54, 1.807) is 4.90 Å². The fraction of sp³-hybridized carbons (Fsp3) is 0.421. The van der Waals surface area contributed by atoms with Gasteiger partial charge < -0.3 is 21.1 Å². The van der Waals surface area contributed by atoms with Crippen molar-refractivity contribution in [3.8, 4) is 0 Å². The number of rotatable bonds is 6. The lowest BCUT2D eigenvalue weighted by Crippen LogP contribution is -2.27. The van der Waals surface area contributed by atoms with Crippen LogP contribution in [0.4, 0.5) is 17.6 Å². The van der Waals surface area contributed by atoms with E-state index in [0.717, 1.165) is 17.7 Å². The number of nitrogens with zero attached hydrogens (tertiary/aromatic N) is 4. The summed E-state index contributed by atoms with van der Waals surface area (Å²) in [5.74, 6) is -0.712. The average Bonchev–Trinajstić information content (AvgIpc) is 3.06. The van der Waals surface area contributed by atoms with E-state index in [2.05, 4.69) is 28.8 Å². The molecule has 1 aromatic heterocycles. The predicted molar refractivity (Wildman–Crippen MR) is 104 cm³/mol. The second-order valence-electron chi connectivity index (χ2n) is 6.85. The summed E-state index contributed by atoms with van der Waals surface area (Å²) in [5.41, 5.74) is 13.0. The average molecular weight is 384 g/mol. The van der Waals surface area contributed by atoms with E-state index < -0.39 is 11.9 Å². The van der Waals surface area contributed by atoms with Crippen LogP contribution in [0.3, 0.4) is 0 Å². The molecule has 0 spiro atoms. The highest BCUT2D eigenvalue weighted by Gasteiger charge is 2.37. The molecule has 148 valence electrons. The molecule has 0 bridgehead atoms. The fourth-order valence-corrected chi connectivity index (χ4v) is 3.24. The van der Waals surface area contributed by atoms with Crippen molar-refractivity contribution in [3.05, 3.63) is 35.7 Å². The maximum atomic E-state index is 12.6. The summed E-state index contributed by atoms with van der Waals surface area (Å²) >= 11 is 0. The Morgan fingerprint density at radius 3 is 2.61 bits per heavy atom. The molecule has 9 heteroatoms. The Hall–Kier alpha value is -3.23. The van der Waals surface area contributed by atoms with Crippen LogP contribution < -0.4 is 16.4 Å². The lowest BCUT2D eigenvalue weighted by molar-refractivity contribution is -0.149. The topological polar surface area (TPSA) is 137 Å². The van der Waals surface area contributed by atoms with Crippen LogP contribution in [0.15, 0.2) is 24.3 Å². The molecule has 0 aliphatic carbocycles. The maximum absolute atomic E-state index is 12.6. The number of anilines is 3. The third-order valence-corrected chi connectivity index (χ3v) is 4.89. The molecule has 3 rings (SSSR count). The minimum absolute atomic E-state index is 0.0394. The smallest absolute Gasteiger partial charge is 0.311 e. The van der Waals surface area contributed by atoms with Crippen LogP contribution >= 0.6 is 0 Å². The zero-order chi connectivity index (χ0) is 20.3. The molecule has 1 fully saturated rings. The van der Waals surface area contributed by atoms with Crippen molar-refractivity contribution in [2.24, 2.45) is 5.92 Å². The van der Waals surface area contributed by atoms with Crippen molar-refractivity contribution in [2.75, 3.05) is 22.9 Å². The van der Waals surface area contributed by atoms with Crippen LogP contribution in [0, 0.1) is 5.92 Å². The number of esters is 1. The van der Waals surface area contributed by atoms with E-state index in [1.165, 1.54) is 0 Å². The monoisotopic (exact) mass is 384 g/mol. The van der Waals surface area contributed by atoms with Crippen molar-refractivity contribution >= 4 is 29.5 Å². The first kappa shape index (κ1) is 19.5. The summed E-state index contributed by atoms with van der Waals surface area (Å²) in [7, 11) is 0. The zero-order valence-electron chi connectivity index (χ0n) is 16.0. The molecule has 2 aromatic rings. The van der Waals surface area contributed by atoms with E-state index in [1.807, 2.05) is 24.3 Å². The van der Waals surface area contributed by atoms with Crippen molar-refractivity contribution in [3.63, 3.8) is 0 Å². The summed E-state index contributed by atoms with van der Waals surface area (Å²) in [6.07, 6.45) is 1.07. The van der Waals surface area contributed by atoms with E-state index in [9.17, 15) is 9.59 Å². The van der Waals surface area contributed by atoms with Gasteiger partial charge in [-0.1, -0.05) is 32.0 Å². The van der Waals surface area contributed by atoms with E-state index in [0.29, 0.717) is 5.92 Å². The molecular weight excluding hydrogens is 360 g/mol. The highest BCUT2D eigenvalue weighted by atomic mass is 16.5. The first-order valence-corrected chi connectivity index (χ1v) is 9.20. The second-order valence-corrected chi connectivity index (χ2v) is 6.85. The molecule has 1 amide bonds. The Morgan fingerprint density at radius 2 is 1.93 bits per heavy atom. The van der Waals surface area contributed by atoms with Crippen LogP contribution in [0.25, 0.3) is 0 Å². The Bertz CT molecular complexity index is 867. The largest absolute Gasteiger partial charge is 0.457 e. The number of hydrogen-bond donors (Lipinski definition) is 2. The third kappa shape index (κ3) is 4.19. The molecule has 2 atom stereocenters. The molecule has 0 radical (unpaired) electrons. The van der Waals surface area contributed by atoms with Crippen LogP contribution in [0.1, 0.15) is 44.0 Å². The van der Waals surface area contributed by atoms with Gasteiger partial charge in [-0.15, -0.1) is 0 Å². The third-order valence-electron chi connectivity index (χ3n) is 4.89. The van der Waals surface area contributed by atoms with Gasteiger partial charge in [-0.2, -0.15) is 15.0 Å². The molecule has 9 nitrogen and oxygen atoms in total. The molecule has 0 unspecified atom stereocenters. The summed E-state index contributed by atoms with van der Waals surface area (Å²) < 4.78 is 5.27. The summed E-state index contributed by atoms with van der Waals surface area (Å²) in [5, 5.41) is 0. The minimum Gasteiger partial charge on any atom is -0.457 e. The number of amides is 1. The van der Waals surface area contributed by atoms with Crippen molar-refractivity contribution in [1.29, 1.82) is 0 Å². The molecule has 1 aromatic carbocycles. The molecule has 1 aliphatic heterocycles. The van der Waals surface area contributed by atoms with Gasteiger partial charge in [0.05, 0.1) is 5.92 Å². The number of ether oxygens (including phenoxy) is 1. The highest BCUT2D eigenvalue weighted by Crippen LogP contribution is 2.33. The molecule has 1 aliphatic rings. The predicted octanol–water partition coefficient (Wildman–Crippen LogP) is 1.65. The van der Waals surface area contributed by atoms with E-state index in [-0.39, 0.29) is 43.2 Å². The van der Waals surface area contributed by atoms with Gasteiger partial charge in [-0.25, -0.2) is 0 Å². The SMILES string of the molecule is CC[C@H](C)c1ccccc1N1C[C@@H](C(=O)OCc2nc(N)nc(N)n2)CC1=O. The first-order chi connectivity index (χ1) is 13.4. The molecule has 1 saturated heterocycles. The molecule has 28 heavy (non-hydrogen) atoms. The van der Waals surface area contributed by atoms with Gasteiger partial charge in [0.1, 0.15) is 0 Å². The number of carbonyl (C=O) groups is 2. The number of nitrogen functional groups attached to an aromatic ring is 2. The highest BCUT2D eigenvalue weighted by molar-refractivity contribution is 6.00. The van der Waals surface area contributed by atoms with Crippen LogP contribution in [-0.2, 0) is 20.9 Å². The van der Waals surface area contributed by atoms with Crippen molar-refractivity contribution in [2.45, 2.75) is 39.2 Å². The van der Waals surface area contributed by atoms with E-state index in [4.69, 9.17) is 16.2 Å². The number of benzene rings is 1. The Balaban J connectivity index is 1.68. The zero-order valence-corrected chi connectivity index (χ0v) is 16.0. The second kappa shape index (κ2) is 8.20. The standard InChI is InChI=1S/C19H24N6O3/c1-3-11(2)13-6-4-5-7-14(13)25-9-12(8-16(25)26)17(27)28-10-15-22-18(20)24-19(21)23-15/h4-7,11-12H,3,8-10H2,1-2H3,(H4,20,21,22,23,24)/t11-,12-/m0/s1. The lowest BCUT2D eigenvalue weighted by Gasteiger charge is -2.23. The van der Waals surface area contributed by atoms with Gasteiger partial charge in [-0.3, -0.25) is 9.59 Å². The number of para-hydroxylation sites is 1. The van der Waals surface area contributed by atoms with Gasteiger partial charge in [0, 0.05) is 18.7 Å². The molecule has 2 heterocycles. The molecule has 4 N–H and O–H groups in total. The Morgan fingerprint density at radius 1 is 1.25 bits per heavy atom. The minimum atomic E-state index is -0.547. The van der Waals surface area contributed by atoms with Crippen molar-refractivity contribution in [1.82, 2.24) is 15.0 Å². The first-order valence-electron chi connectivity index (χ1n) is 9.20. The van der Waals surface area contributed by atoms with Crippen LogP contribution in [0.2, 0.25) is 0 Å². The number of aromatic nitrogens is 3. The van der Waals surface area contributed by atoms with Gasteiger partial charge >= 0.3 is 5.97 Å². The number of hydrogen-bond acceptors (Lipinski definition) is 8. The van der Waals surface area contributed by atoms with Crippen molar-refractivity contribution < 1.29 is 14.3 Å². The quantitative estimate of drug-likeness (QED) is 0.717. The van der Waals surface area contributed by atoms with Gasteiger partial charge in [-0.05, 0) is 24.0 Å². The Kier molecular flexibility index (Phi) is 5.72. The summed E-state index contributed by atoms with van der Waals surface area (Å²) in [4.78, 5) is 38.1. The molecule has 0 saturated carbocycles. The van der Waals surface area contributed by atoms with E-state index >= 15 is 0 Å². The Labute approximate surface area is 163 Å². The van der Waals surface area contributed by atoms with Crippen LogP contribution in [0.5, 0.6) is 0 Å². The summed E-state index contributed by atoms with van der Waals surface area (Å²) in [6, 6.07) is 7.81. The molecular formula is C19H24N6O3. The van der Waals surface area contributed by atoms with Gasteiger partial charge in [0.15, 0.2) is 12.4 Å². The van der Waals surface area contributed by atoms with Crippen LogP contribution in [-0.4, -0.2) is 33.4 Å². The van der Waals surface area contributed by atoms with Gasteiger partial charge in [0.2, 0.25) is 17.8 Å². The lowest BCUT2D eigenvalue weighted by atomic mass is 9.96.